The SMILES string of the molecule is Nc1nc(C(=O)N2CC=CC2)cs1. The maximum Gasteiger partial charge on any atom is 0.273 e. The molecule has 0 saturated carbocycles. The van der Waals surface area contributed by atoms with Gasteiger partial charge in [-0.25, -0.2) is 4.98 Å². The molecule has 0 spiro atoms. The van der Waals surface area contributed by atoms with E-state index in [0.717, 1.165) is 0 Å². The number of carbonyl (C=O) groups is 1. The first-order chi connectivity index (χ1) is 6.27. The summed E-state index contributed by atoms with van der Waals surface area (Å²) in [6.45, 7) is 1.35. The molecule has 1 amide bonds. The van der Waals surface area contributed by atoms with Crippen molar-refractivity contribution in [3.05, 3.63) is 23.2 Å². The van der Waals surface area contributed by atoms with Gasteiger partial charge in [0.05, 0.1) is 0 Å². The highest BCUT2D eigenvalue weighted by Crippen LogP contribution is 2.14. The average molecular weight is 195 g/mol. The highest BCUT2D eigenvalue weighted by Gasteiger charge is 2.18. The number of thiazole rings is 1. The molecule has 2 rings (SSSR count). The van der Waals surface area contributed by atoms with Crippen LogP contribution < -0.4 is 5.73 Å². The number of amides is 1. The second-order valence-corrected chi connectivity index (χ2v) is 3.64. The van der Waals surface area contributed by atoms with E-state index in [1.807, 2.05) is 12.2 Å². The Hall–Kier alpha value is -1.36. The van der Waals surface area contributed by atoms with Crippen molar-refractivity contribution in [2.75, 3.05) is 18.8 Å². The summed E-state index contributed by atoms with van der Waals surface area (Å²) >= 11 is 1.29. The summed E-state index contributed by atoms with van der Waals surface area (Å²) in [5.74, 6) is -0.0436. The quantitative estimate of drug-likeness (QED) is 0.672. The third kappa shape index (κ3) is 1.55. The Bertz CT molecular complexity index is 350. The van der Waals surface area contributed by atoms with E-state index in [1.54, 1.807) is 10.3 Å². The van der Waals surface area contributed by atoms with Gasteiger partial charge in [-0.2, -0.15) is 0 Å². The molecule has 0 bridgehead atoms. The van der Waals surface area contributed by atoms with Crippen molar-refractivity contribution in [3.63, 3.8) is 0 Å². The molecule has 2 heterocycles. The van der Waals surface area contributed by atoms with E-state index in [0.29, 0.717) is 23.9 Å². The highest BCUT2D eigenvalue weighted by molar-refractivity contribution is 7.13. The molecule has 1 aliphatic heterocycles. The summed E-state index contributed by atoms with van der Waals surface area (Å²) in [5.41, 5.74) is 5.89. The fourth-order valence-electron chi connectivity index (χ4n) is 1.19. The molecule has 0 aromatic carbocycles. The minimum Gasteiger partial charge on any atom is -0.375 e. The molecule has 1 aliphatic rings. The number of nitrogens with two attached hydrogens (primary N) is 1. The Labute approximate surface area is 79.7 Å². The molecule has 68 valence electrons. The molecule has 1 aromatic rings. The Balaban J connectivity index is 2.13. The summed E-state index contributed by atoms with van der Waals surface area (Å²) in [5, 5.41) is 2.13. The van der Waals surface area contributed by atoms with Crippen LogP contribution in [0.1, 0.15) is 10.5 Å². The van der Waals surface area contributed by atoms with Gasteiger partial charge < -0.3 is 10.6 Å². The van der Waals surface area contributed by atoms with Gasteiger partial charge in [0.15, 0.2) is 5.13 Å². The van der Waals surface area contributed by atoms with Crippen molar-refractivity contribution in [3.8, 4) is 0 Å². The van der Waals surface area contributed by atoms with E-state index >= 15 is 0 Å². The third-order valence-corrected chi connectivity index (χ3v) is 2.52. The molecule has 13 heavy (non-hydrogen) atoms. The number of hydrogen-bond acceptors (Lipinski definition) is 4. The van der Waals surface area contributed by atoms with E-state index in [1.165, 1.54) is 11.3 Å². The molecule has 2 N–H and O–H groups in total. The standard InChI is InChI=1S/C8H9N3OS/c9-8-10-6(5-13-8)7(12)11-3-1-2-4-11/h1-2,5H,3-4H2,(H2,9,10). The van der Waals surface area contributed by atoms with Gasteiger partial charge in [0.2, 0.25) is 0 Å². The van der Waals surface area contributed by atoms with Crippen molar-refractivity contribution >= 4 is 22.4 Å². The van der Waals surface area contributed by atoms with Crippen LogP contribution in [-0.2, 0) is 0 Å². The van der Waals surface area contributed by atoms with Crippen LogP contribution in [0.15, 0.2) is 17.5 Å². The van der Waals surface area contributed by atoms with Crippen molar-refractivity contribution < 1.29 is 4.79 Å². The van der Waals surface area contributed by atoms with Gasteiger partial charge in [0.1, 0.15) is 5.69 Å². The van der Waals surface area contributed by atoms with Gasteiger partial charge >= 0.3 is 0 Å². The number of nitrogen functional groups attached to an aromatic ring is 1. The van der Waals surface area contributed by atoms with E-state index in [4.69, 9.17) is 5.73 Å². The smallest absolute Gasteiger partial charge is 0.273 e. The highest BCUT2D eigenvalue weighted by atomic mass is 32.1. The van der Waals surface area contributed by atoms with Crippen LogP contribution >= 0.6 is 11.3 Å². The van der Waals surface area contributed by atoms with Gasteiger partial charge in [0, 0.05) is 18.5 Å². The molecule has 0 saturated heterocycles. The van der Waals surface area contributed by atoms with E-state index < -0.39 is 0 Å². The molecule has 0 unspecified atom stereocenters. The van der Waals surface area contributed by atoms with Gasteiger partial charge in [-0.3, -0.25) is 4.79 Å². The lowest BCUT2D eigenvalue weighted by atomic mass is 10.4. The second kappa shape index (κ2) is 3.18. The van der Waals surface area contributed by atoms with Crippen LogP contribution in [0.4, 0.5) is 5.13 Å². The summed E-state index contributed by atoms with van der Waals surface area (Å²) in [4.78, 5) is 17.3. The zero-order valence-electron chi connectivity index (χ0n) is 6.93. The third-order valence-electron chi connectivity index (χ3n) is 1.85. The molecule has 0 radical (unpaired) electrons. The number of rotatable bonds is 1. The second-order valence-electron chi connectivity index (χ2n) is 2.75. The lowest BCUT2D eigenvalue weighted by molar-refractivity contribution is 0.0795. The van der Waals surface area contributed by atoms with Crippen LogP contribution in [0, 0.1) is 0 Å². The van der Waals surface area contributed by atoms with Crippen molar-refractivity contribution in [2.24, 2.45) is 0 Å². The molecule has 0 aliphatic carbocycles. The molecule has 0 fully saturated rings. The monoisotopic (exact) mass is 195 g/mol. The largest absolute Gasteiger partial charge is 0.375 e. The predicted molar refractivity (Wildman–Crippen MR) is 51.6 cm³/mol. The minimum atomic E-state index is -0.0436. The van der Waals surface area contributed by atoms with Crippen molar-refractivity contribution in [2.45, 2.75) is 0 Å². The van der Waals surface area contributed by atoms with Crippen molar-refractivity contribution in [1.82, 2.24) is 9.88 Å². The predicted octanol–water partition coefficient (Wildman–Crippen LogP) is 0.737. The zero-order valence-corrected chi connectivity index (χ0v) is 7.75. The molecule has 4 nitrogen and oxygen atoms in total. The molecular weight excluding hydrogens is 186 g/mol. The van der Waals surface area contributed by atoms with Crippen molar-refractivity contribution in [1.29, 1.82) is 0 Å². The molecule has 1 aromatic heterocycles. The number of hydrogen-bond donors (Lipinski definition) is 1. The Kier molecular flexibility index (Phi) is 2.02. The Morgan fingerprint density at radius 3 is 2.77 bits per heavy atom. The summed E-state index contributed by atoms with van der Waals surface area (Å²) < 4.78 is 0. The van der Waals surface area contributed by atoms with E-state index in [-0.39, 0.29) is 5.91 Å². The molecule has 0 atom stereocenters. The number of anilines is 1. The lowest BCUT2D eigenvalue weighted by Gasteiger charge is -2.12. The first-order valence-electron chi connectivity index (χ1n) is 3.92. The summed E-state index contributed by atoms with van der Waals surface area (Å²) in [7, 11) is 0. The van der Waals surface area contributed by atoms with Crippen LogP contribution in [0.2, 0.25) is 0 Å². The van der Waals surface area contributed by atoms with Gasteiger partial charge in [0.25, 0.3) is 5.91 Å². The zero-order chi connectivity index (χ0) is 9.26. The number of nitrogens with zero attached hydrogens (tertiary/aromatic N) is 2. The summed E-state index contributed by atoms with van der Waals surface area (Å²) in [6.07, 6.45) is 3.93. The average Bonchev–Trinajstić information content (AvgIpc) is 2.72. The Morgan fingerprint density at radius 2 is 2.23 bits per heavy atom. The molecular formula is C8H9N3OS. The van der Waals surface area contributed by atoms with Crippen LogP contribution in [0.5, 0.6) is 0 Å². The van der Waals surface area contributed by atoms with Gasteiger partial charge in [-0.15, -0.1) is 11.3 Å². The maximum atomic E-state index is 11.6. The van der Waals surface area contributed by atoms with Gasteiger partial charge in [-0.1, -0.05) is 12.2 Å². The molecule has 5 heteroatoms. The van der Waals surface area contributed by atoms with E-state index in [2.05, 4.69) is 4.98 Å². The van der Waals surface area contributed by atoms with Gasteiger partial charge in [-0.05, 0) is 0 Å². The maximum absolute atomic E-state index is 11.6. The fraction of sp³-hybridized carbons (Fsp3) is 0.250. The normalized spacial score (nSPS) is 15.2. The van der Waals surface area contributed by atoms with Crippen LogP contribution in [-0.4, -0.2) is 28.9 Å². The topological polar surface area (TPSA) is 59.2 Å². The first kappa shape index (κ1) is 8.25. The minimum absolute atomic E-state index is 0.0436. The summed E-state index contributed by atoms with van der Waals surface area (Å²) in [6, 6.07) is 0. The number of carbonyl (C=O) groups excluding carboxylic acids is 1. The van der Waals surface area contributed by atoms with Crippen LogP contribution in [0.3, 0.4) is 0 Å². The van der Waals surface area contributed by atoms with Crippen LogP contribution in [0.25, 0.3) is 0 Å². The lowest BCUT2D eigenvalue weighted by Crippen LogP contribution is -2.28. The number of aromatic nitrogens is 1. The van der Waals surface area contributed by atoms with E-state index in [9.17, 15) is 4.79 Å². The first-order valence-corrected chi connectivity index (χ1v) is 4.80. The Morgan fingerprint density at radius 1 is 1.54 bits per heavy atom. The fourth-order valence-corrected chi connectivity index (χ4v) is 1.73.